The number of nitrogens with zero attached hydrogens (tertiary/aromatic N) is 1. The van der Waals surface area contributed by atoms with Gasteiger partial charge in [-0.25, -0.2) is 0 Å². The van der Waals surface area contributed by atoms with Crippen molar-refractivity contribution in [3.63, 3.8) is 0 Å². The molecule has 6 heteroatoms. The fourth-order valence-electron chi connectivity index (χ4n) is 4.27. The van der Waals surface area contributed by atoms with Crippen molar-refractivity contribution in [1.29, 1.82) is 0 Å². The molecule has 142 valence electrons. The molecule has 1 heterocycles. The van der Waals surface area contributed by atoms with E-state index in [2.05, 4.69) is 42.9 Å². The second-order valence-electron chi connectivity index (χ2n) is 7.54. The Balaban J connectivity index is 2.14. The molecule has 5 nitrogen and oxygen atoms in total. The first-order chi connectivity index (χ1) is 11.6. The maximum atomic E-state index is 6.34. The molecule has 1 unspecified atom stereocenters. The van der Waals surface area contributed by atoms with Crippen molar-refractivity contribution in [3.8, 4) is 0 Å². The molecule has 1 atom stereocenters. The molecule has 1 aliphatic heterocycles. The van der Waals surface area contributed by atoms with E-state index in [-0.39, 0.29) is 5.16 Å². The Bertz CT molecular complexity index is 354. The largest absolute Gasteiger partial charge is 0.394 e. The highest BCUT2D eigenvalue weighted by Gasteiger charge is 2.54. The molecule has 0 spiro atoms. The summed E-state index contributed by atoms with van der Waals surface area (Å²) in [5.74, 6) is 0. The molecule has 0 aromatic rings. The first-order valence-electron chi connectivity index (χ1n) is 10.0. The zero-order valence-corrected chi connectivity index (χ0v) is 17.3. The highest BCUT2D eigenvalue weighted by molar-refractivity contribution is 6.69. The summed E-state index contributed by atoms with van der Waals surface area (Å²) in [6.07, 6.45) is 6.78. The average Bonchev–Trinajstić information content (AvgIpc) is 2.61. The second kappa shape index (κ2) is 9.64. The zero-order chi connectivity index (χ0) is 17.5. The van der Waals surface area contributed by atoms with Crippen LogP contribution < -0.4 is 10.6 Å². The topological polar surface area (TPSA) is 45.8 Å². The van der Waals surface area contributed by atoms with E-state index >= 15 is 0 Å². The Labute approximate surface area is 150 Å². The molecule has 2 N–H and O–H groups in total. The quantitative estimate of drug-likeness (QED) is 0.620. The van der Waals surface area contributed by atoms with Crippen LogP contribution in [0.15, 0.2) is 0 Å². The Kier molecular flexibility index (Phi) is 8.17. The monoisotopic (exact) mass is 357 g/mol. The predicted molar refractivity (Wildman–Crippen MR) is 103 cm³/mol. The molecule has 0 radical (unpaired) electrons. The number of hydrogen-bond donors (Lipinski definition) is 2. The van der Waals surface area contributed by atoms with Crippen LogP contribution >= 0.6 is 0 Å². The molecule has 0 bridgehead atoms. The lowest BCUT2D eigenvalue weighted by Gasteiger charge is -2.51. The Hall–Kier alpha value is 0.0169. The standard InChI is InChI=1S/C18H39N3O2Si/c1-5-22-24(4,23-6-2)18(3,21-14-12-19-13-15-21)16-20-17-10-8-7-9-11-17/h17,19-20H,5-16H2,1-4H3. The zero-order valence-electron chi connectivity index (χ0n) is 16.3. The third kappa shape index (κ3) is 4.80. The van der Waals surface area contributed by atoms with Crippen LogP contribution in [0.4, 0.5) is 0 Å². The minimum Gasteiger partial charge on any atom is -0.394 e. The first kappa shape index (κ1) is 20.3. The third-order valence-corrected chi connectivity index (χ3v) is 10.1. The molecule has 0 amide bonds. The van der Waals surface area contributed by atoms with Crippen molar-refractivity contribution in [3.05, 3.63) is 0 Å². The first-order valence-corrected chi connectivity index (χ1v) is 12.3. The Morgan fingerprint density at radius 2 is 1.67 bits per heavy atom. The number of rotatable bonds is 9. The van der Waals surface area contributed by atoms with Gasteiger partial charge >= 0.3 is 8.56 Å². The van der Waals surface area contributed by atoms with Gasteiger partial charge < -0.3 is 19.5 Å². The van der Waals surface area contributed by atoms with Gasteiger partial charge in [0.1, 0.15) is 0 Å². The summed E-state index contributed by atoms with van der Waals surface area (Å²) < 4.78 is 12.7. The average molecular weight is 358 g/mol. The van der Waals surface area contributed by atoms with Crippen LogP contribution in [0.5, 0.6) is 0 Å². The summed E-state index contributed by atoms with van der Waals surface area (Å²) in [5, 5.41) is 7.33. The molecule has 1 saturated heterocycles. The molecule has 2 rings (SSSR count). The van der Waals surface area contributed by atoms with Crippen LogP contribution in [0, 0.1) is 0 Å². The fourth-order valence-corrected chi connectivity index (χ4v) is 7.30. The lowest BCUT2D eigenvalue weighted by atomic mass is 9.95. The van der Waals surface area contributed by atoms with Crippen LogP contribution in [0.25, 0.3) is 0 Å². The molecule has 0 aromatic carbocycles. The van der Waals surface area contributed by atoms with Gasteiger partial charge in [-0.2, -0.15) is 0 Å². The van der Waals surface area contributed by atoms with Crippen LogP contribution in [-0.2, 0) is 8.85 Å². The van der Waals surface area contributed by atoms with E-state index in [0.717, 1.165) is 45.9 Å². The lowest BCUT2D eigenvalue weighted by Crippen LogP contribution is -2.73. The molecule has 2 aliphatic rings. The van der Waals surface area contributed by atoms with Gasteiger partial charge in [-0.05, 0) is 40.2 Å². The van der Waals surface area contributed by atoms with Gasteiger partial charge in [0.15, 0.2) is 0 Å². The highest BCUT2D eigenvalue weighted by Crippen LogP contribution is 2.30. The summed E-state index contributed by atoms with van der Waals surface area (Å²) >= 11 is 0. The number of hydrogen-bond acceptors (Lipinski definition) is 5. The Morgan fingerprint density at radius 1 is 1.08 bits per heavy atom. The minimum absolute atomic E-state index is 0.0431. The van der Waals surface area contributed by atoms with Gasteiger partial charge in [-0.3, -0.25) is 4.90 Å². The maximum absolute atomic E-state index is 6.34. The Morgan fingerprint density at radius 3 is 2.21 bits per heavy atom. The SMILES string of the molecule is CCO[Si](C)(OCC)C(C)(CNC1CCCCC1)N1CCNCC1. The van der Waals surface area contributed by atoms with E-state index < -0.39 is 8.56 Å². The summed E-state index contributed by atoms with van der Waals surface area (Å²) in [5.41, 5.74) is 0. The van der Waals surface area contributed by atoms with Crippen molar-refractivity contribution in [1.82, 2.24) is 15.5 Å². The minimum atomic E-state index is -2.34. The smallest absolute Gasteiger partial charge is 0.356 e. The molecular formula is C18H39N3O2Si. The van der Waals surface area contributed by atoms with E-state index in [1.54, 1.807) is 0 Å². The summed E-state index contributed by atoms with van der Waals surface area (Å²) in [4.78, 5) is 2.62. The van der Waals surface area contributed by atoms with E-state index in [1.807, 2.05) is 0 Å². The van der Waals surface area contributed by atoms with Gasteiger partial charge in [0.2, 0.25) is 0 Å². The second-order valence-corrected chi connectivity index (χ2v) is 11.1. The van der Waals surface area contributed by atoms with E-state index in [4.69, 9.17) is 8.85 Å². The summed E-state index contributed by atoms with van der Waals surface area (Å²) in [7, 11) is -2.34. The normalized spacial score (nSPS) is 24.0. The van der Waals surface area contributed by atoms with Crippen LogP contribution in [-0.4, -0.2) is 70.6 Å². The highest BCUT2D eigenvalue weighted by atomic mass is 28.4. The van der Waals surface area contributed by atoms with E-state index in [0.29, 0.717) is 6.04 Å². The molecule has 2 fully saturated rings. The molecule has 0 aromatic heterocycles. The molecule has 1 saturated carbocycles. The number of nitrogens with one attached hydrogen (secondary N) is 2. The maximum Gasteiger partial charge on any atom is 0.356 e. The van der Waals surface area contributed by atoms with Crippen molar-refractivity contribution in [2.24, 2.45) is 0 Å². The van der Waals surface area contributed by atoms with Crippen molar-refractivity contribution in [2.75, 3.05) is 45.9 Å². The van der Waals surface area contributed by atoms with Crippen molar-refractivity contribution >= 4 is 8.56 Å². The third-order valence-electron chi connectivity index (χ3n) is 5.97. The van der Waals surface area contributed by atoms with Crippen molar-refractivity contribution in [2.45, 2.75) is 70.6 Å². The fraction of sp³-hybridized carbons (Fsp3) is 1.00. The predicted octanol–water partition coefficient (Wildman–Crippen LogP) is 2.26. The van der Waals surface area contributed by atoms with Crippen LogP contribution in [0.1, 0.15) is 52.9 Å². The van der Waals surface area contributed by atoms with E-state index in [9.17, 15) is 0 Å². The van der Waals surface area contributed by atoms with Gasteiger partial charge in [0.05, 0.1) is 5.16 Å². The van der Waals surface area contributed by atoms with Gasteiger partial charge in [0.25, 0.3) is 0 Å². The van der Waals surface area contributed by atoms with Crippen LogP contribution in [0.2, 0.25) is 6.55 Å². The molecule has 1 aliphatic carbocycles. The van der Waals surface area contributed by atoms with Gasteiger partial charge in [-0.1, -0.05) is 19.3 Å². The van der Waals surface area contributed by atoms with Gasteiger partial charge in [0, 0.05) is 52.0 Å². The molecule has 24 heavy (non-hydrogen) atoms. The summed E-state index contributed by atoms with van der Waals surface area (Å²) in [6.45, 7) is 15.5. The number of piperazine rings is 1. The van der Waals surface area contributed by atoms with Crippen LogP contribution in [0.3, 0.4) is 0 Å². The summed E-state index contributed by atoms with van der Waals surface area (Å²) in [6, 6.07) is 0.669. The lowest BCUT2D eigenvalue weighted by molar-refractivity contribution is 0.0683. The molecular weight excluding hydrogens is 318 g/mol. The van der Waals surface area contributed by atoms with E-state index in [1.165, 1.54) is 32.1 Å². The van der Waals surface area contributed by atoms with Crippen molar-refractivity contribution < 1.29 is 8.85 Å². The van der Waals surface area contributed by atoms with Gasteiger partial charge in [-0.15, -0.1) is 0 Å².